The summed E-state index contributed by atoms with van der Waals surface area (Å²) in [5, 5.41) is 11.2. The Morgan fingerprint density at radius 3 is 3.04 bits per heavy atom. The Balaban J connectivity index is 1.53. The summed E-state index contributed by atoms with van der Waals surface area (Å²) in [4.78, 5) is 18.2. The molecule has 1 aromatic carbocycles. The van der Waals surface area contributed by atoms with Gasteiger partial charge in [0, 0.05) is 23.4 Å². The first-order valence-electron chi connectivity index (χ1n) is 7.11. The summed E-state index contributed by atoms with van der Waals surface area (Å²) in [6.07, 6.45) is 1.74. The molecule has 118 valence electrons. The van der Waals surface area contributed by atoms with Crippen LogP contribution < -0.4 is 5.56 Å². The molecule has 0 saturated carbocycles. The molecule has 9 heteroatoms. The normalized spacial score (nSPS) is 11.8. The number of para-hydroxylation sites is 1. The van der Waals surface area contributed by atoms with Crippen LogP contribution in [0.3, 0.4) is 0 Å². The summed E-state index contributed by atoms with van der Waals surface area (Å²) in [6.45, 7) is 0. The number of hydrogen-bond acceptors (Lipinski definition) is 7. The molecule has 0 atom stereocenters. The summed E-state index contributed by atoms with van der Waals surface area (Å²) < 4.78 is 4.79. The van der Waals surface area contributed by atoms with Gasteiger partial charge in [0.2, 0.25) is 4.96 Å². The number of rotatable bonds is 3. The van der Waals surface area contributed by atoms with E-state index in [1.54, 1.807) is 28.0 Å². The SMILES string of the molecule is O=c1cc(CSc2nnc3sc4ccccc4n23)nc2sccn12. The molecule has 0 amide bonds. The monoisotopic (exact) mass is 371 g/mol. The van der Waals surface area contributed by atoms with Crippen molar-refractivity contribution < 1.29 is 0 Å². The summed E-state index contributed by atoms with van der Waals surface area (Å²) in [5.41, 5.74) is 1.81. The van der Waals surface area contributed by atoms with Gasteiger partial charge in [-0.2, -0.15) is 0 Å². The van der Waals surface area contributed by atoms with Gasteiger partial charge in [-0.1, -0.05) is 35.2 Å². The second-order valence-electron chi connectivity index (χ2n) is 5.10. The van der Waals surface area contributed by atoms with Gasteiger partial charge in [-0.25, -0.2) is 4.98 Å². The van der Waals surface area contributed by atoms with E-state index in [1.807, 2.05) is 17.5 Å². The minimum Gasteiger partial charge on any atom is -0.269 e. The third-order valence-corrected chi connectivity index (χ3v) is 6.35. The Morgan fingerprint density at radius 1 is 1.17 bits per heavy atom. The first-order chi connectivity index (χ1) is 11.8. The van der Waals surface area contributed by atoms with Gasteiger partial charge in [0.05, 0.1) is 15.9 Å². The predicted molar refractivity (Wildman–Crippen MR) is 97.3 cm³/mol. The molecule has 0 fully saturated rings. The lowest BCUT2D eigenvalue weighted by Gasteiger charge is -2.00. The molecule has 0 radical (unpaired) electrons. The van der Waals surface area contributed by atoms with Gasteiger partial charge in [-0.15, -0.1) is 21.5 Å². The van der Waals surface area contributed by atoms with Crippen LogP contribution in [0.4, 0.5) is 0 Å². The fourth-order valence-corrected chi connectivity index (χ4v) is 5.15. The lowest BCUT2D eigenvalue weighted by Crippen LogP contribution is -2.12. The number of thiazole rings is 2. The minimum atomic E-state index is -0.0516. The smallest absolute Gasteiger partial charge is 0.258 e. The number of benzene rings is 1. The van der Waals surface area contributed by atoms with E-state index >= 15 is 0 Å². The average molecular weight is 371 g/mol. The number of thioether (sulfide) groups is 1. The van der Waals surface area contributed by atoms with E-state index in [1.165, 1.54) is 27.8 Å². The number of aromatic nitrogens is 5. The van der Waals surface area contributed by atoms with Gasteiger partial charge in [0.1, 0.15) is 0 Å². The van der Waals surface area contributed by atoms with Crippen LogP contribution in [-0.4, -0.2) is 24.0 Å². The Kier molecular flexibility index (Phi) is 3.18. The van der Waals surface area contributed by atoms with Crippen LogP contribution >= 0.6 is 34.4 Å². The lowest BCUT2D eigenvalue weighted by molar-refractivity contribution is 0.938. The van der Waals surface area contributed by atoms with E-state index < -0.39 is 0 Å². The van der Waals surface area contributed by atoms with Crippen LogP contribution in [0.25, 0.3) is 20.1 Å². The van der Waals surface area contributed by atoms with Gasteiger partial charge in [-0.05, 0) is 12.1 Å². The van der Waals surface area contributed by atoms with Crippen molar-refractivity contribution in [2.45, 2.75) is 10.9 Å². The fourth-order valence-electron chi connectivity index (χ4n) is 2.55. The molecular weight excluding hydrogens is 362 g/mol. The molecule has 0 aliphatic carbocycles. The lowest BCUT2D eigenvalue weighted by atomic mass is 10.3. The van der Waals surface area contributed by atoms with Crippen LogP contribution in [-0.2, 0) is 5.75 Å². The molecule has 0 unspecified atom stereocenters. The largest absolute Gasteiger partial charge is 0.269 e. The zero-order valence-corrected chi connectivity index (χ0v) is 14.6. The molecule has 0 aliphatic heterocycles. The van der Waals surface area contributed by atoms with Crippen molar-refractivity contribution in [2.24, 2.45) is 0 Å². The van der Waals surface area contributed by atoms with E-state index in [0.717, 1.165) is 21.3 Å². The fraction of sp³-hybridized carbons (Fsp3) is 0.0667. The van der Waals surface area contributed by atoms with Crippen LogP contribution in [0.15, 0.2) is 51.9 Å². The van der Waals surface area contributed by atoms with Crippen molar-refractivity contribution in [2.75, 3.05) is 0 Å². The zero-order valence-electron chi connectivity index (χ0n) is 12.1. The second kappa shape index (κ2) is 5.40. The molecular formula is C15H9N5OS3. The molecule has 4 heterocycles. The molecule has 0 spiro atoms. The molecule has 0 N–H and O–H groups in total. The maximum Gasteiger partial charge on any atom is 0.258 e. The van der Waals surface area contributed by atoms with Crippen LogP contribution in [0.5, 0.6) is 0 Å². The van der Waals surface area contributed by atoms with E-state index in [9.17, 15) is 4.79 Å². The highest BCUT2D eigenvalue weighted by Gasteiger charge is 2.13. The van der Waals surface area contributed by atoms with E-state index in [4.69, 9.17) is 0 Å². The van der Waals surface area contributed by atoms with Gasteiger partial charge in [0.25, 0.3) is 5.56 Å². The summed E-state index contributed by atoms with van der Waals surface area (Å²) in [7, 11) is 0. The van der Waals surface area contributed by atoms with Crippen LogP contribution in [0.2, 0.25) is 0 Å². The highest BCUT2D eigenvalue weighted by Crippen LogP contribution is 2.30. The molecule has 0 bridgehead atoms. The van der Waals surface area contributed by atoms with Crippen molar-refractivity contribution in [3.63, 3.8) is 0 Å². The average Bonchev–Trinajstić information content (AvgIpc) is 3.28. The molecule has 0 aliphatic rings. The molecule has 5 rings (SSSR count). The summed E-state index contributed by atoms with van der Waals surface area (Å²) in [5.74, 6) is 0.578. The second-order valence-corrected chi connectivity index (χ2v) is 7.92. The first-order valence-corrected chi connectivity index (χ1v) is 9.79. The third kappa shape index (κ3) is 2.16. The minimum absolute atomic E-state index is 0.0516. The Hall–Kier alpha value is -2.23. The quantitative estimate of drug-likeness (QED) is 0.455. The van der Waals surface area contributed by atoms with Gasteiger partial charge in [0.15, 0.2) is 10.1 Å². The molecule has 6 nitrogen and oxygen atoms in total. The first kappa shape index (κ1) is 14.1. The third-order valence-electron chi connectivity index (χ3n) is 3.62. The van der Waals surface area contributed by atoms with Crippen molar-refractivity contribution in [1.29, 1.82) is 0 Å². The van der Waals surface area contributed by atoms with Crippen molar-refractivity contribution >= 4 is 54.6 Å². The van der Waals surface area contributed by atoms with Crippen molar-refractivity contribution in [3.05, 3.63) is 58.0 Å². The summed E-state index contributed by atoms with van der Waals surface area (Å²) >= 11 is 4.61. The standard InChI is InChI=1S/C15H9N5OS3/c21-12-7-9(16-13-19(12)5-6-22-13)8-23-14-17-18-15-20(14)10-3-1-2-4-11(10)24-15/h1-7H,8H2. The van der Waals surface area contributed by atoms with Crippen LogP contribution in [0, 0.1) is 0 Å². The number of nitrogens with zero attached hydrogens (tertiary/aromatic N) is 5. The van der Waals surface area contributed by atoms with Gasteiger partial charge < -0.3 is 0 Å². The Bertz CT molecular complexity index is 1250. The molecule has 0 saturated heterocycles. The molecule has 5 aromatic rings. The van der Waals surface area contributed by atoms with Crippen molar-refractivity contribution in [1.82, 2.24) is 24.0 Å². The highest BCUT2D eigenvalue weighted by atomic mass is 32.2. The number of hydrogen-bond donors (Lipinski definition) is 0. The molecule has 24 heavy (non-hydrogen) atoms. The Morgan fingerprint density at radius 2 is 2.08 bits per heavy atom. The van der Waals surface area contributed by atoms with Gasteiger partial charge >= 0.3 is 0 Å². The topological polar surface area (TPSA) is 64.6 Å². The molecule has 4 aromatic heterocycles. The maximum absolute atomic E-state index is 12.1. The number of fused-ring (bicyclic) bond motifs is 4. The van der Waals surface area contributed by atoms with E-state index in [0.29, 0.717) is 10.7 Å². The zero-order chi connectivity index (χ0) is 16.1. The summed E-state index contributed by atoms with van der Waals surface area (Å²) in [6, 6.07) is 9.75. The van der Waals surface area contributed by atoms with E-state index in [-0.39, 0.29) is 5.56 Å². The van der Waals surface area contributed by atoms with Crippen LogP contribution in [0.1, 0.15) is 5.69 Å². The van der Waals surface area contributed by atoms with Crippen molar-refractivity contribution in [3.8, 4) is 0 Å². The van der Waals surface area contributed by atoms with Gasteiger partial charge in [-0.3, -0.25) is 13.6 Å². The maximum atomic E-state index is 12.1. The highest BCUT2D eigenvalue weighted by molar-refractivity contribution is 7.98. The van der Waals surface area contributed by atoms with E-state index in [2.05, 4.69) is 31.7 Å². The predicted octanol–water partition coefficient (Wildman–Crippen LogP) is 3.31. The Labute approximate surface area is 147 Å².